The second-order valence-electron chi connectivity index (χ2n) is 3.57. The Morgan fingerprint density at radius 3 is 2.80 bits per heavy atom. The van der Waals surface area contributed by atoms with Crippen LogP contribution >= 0.6 is 0 Å². The average molecular weight is 210 g/mol. The van der Waals surface area contributed by atoms with E-state index >= 15 is 0 Å². The van der Waals surface area contributed by atoms with Gasteiger partial charge < -0.3 is 14.6 Å². The third kappa shape index (κ3) is 3.40. The minimum absolute atomic E-state index is 0.000315. The predicted molar refractivity (Wildman–Crippen MR) is 61.3 cm³/mol. The molecule has 1 unspecified atom stereocenters. The minimum Gasteiger partial charge on any atom is -0.383 e. The number of rotatable bonds is 5. The van der Waals surface area contributed by atoms with Gasteiger partial charge in [-0.05, 0) is 12.5 Å². The van der Waals surface area contributed by atoms with Crippen molar-refractivity contribution in [3.8, 4) is 0 Å². The van der Waals surface area contributed by atoms with E-state index in [1.165, 1.54) is 0 Å². The number of nitrogens with zero attached hydrogens (tertiary/aromatic N) is 1. The van der Waals surface area contributed by atoms with E-state index < -0.39 is 0 Å². The average Bonchev–Trinajstić information content (AvgIpc) is 2.23. The van der Waals surface area contributed by atoms with E-state index in [4.69, 9.17) is 4.74 Å². The highest BCUT2D eigenvalue weighted by Crippen LogP contribution is 2.07. The van der Waals surface area contributed by atoms with Gasteiger partial charge in [0.05, 0.1) is 12.3 Å². The van der Waals surface area contributed by atoms with Crippen molar-refractivity contribution in [2.45, 2.75) is 19.4 Å². The van der Waals surface area contributed by atoms with E-state index in [1.807, 2.05) is 0 Å². The van der Waals surface area contributed by atoms with Crippen LogP contribution < -0.4 is 10.9 Å². The number of methoxy groups -OCH3 is 1. The molecule has 1 aromatic heterocycles. The summed E-state index contributed by atoms with van der Waals surface area (Å²) < 4.78 is 6.65. The molecular weight excluding hydrogens is 192 g/mol. The van der Waals surface area contributed by atoms with Crippen molar-refractivity contribution in [3.05, 3.63) is 28.7 Å². The Labute approximate surface area is 89.9 Å². The molecule has 0 aliphatic rings. The highest BCUT2D eigenvalue weighted by atomic mass is 16.5. The zero-order valence-corrected chi connectivity index (χ0v) is 9.49. The molecule has 1 aromatic rings. The molecule has 0 aromatic carbocycles. The monoisotopic (exact) mass is 210 g/mol. The lowest BCUT2D eigenvalue weighted by Gasteiger charge is -2.17. The van der Waals surface area contributed by atoms with Gasteiger partial charge in [-0.15, -0.1) is 0 Å². The molecule has 0 aliphatic carbocycles. The summed E-state index contributed by atoms with van der Waals surface area (Å²) in [6.45, 7) is 2.76. The summed E-state index contributed by atoms with van der Waals surface area (Å²) >= 11 is 0. The summed E-state index contributed by atoms with van der Waals surface area (Å²) in [5.41, 5.74) is 0.946. The Balaban J connectivity index is 2.70. The summed E-state index contributed by atoms with van der Waals surface area (Å²) in [5, 5.41) is 3.31. The number of nitrogens with one attached hydrogen (secondary N) is 1. The van der Waals surface area contributed by atoms with Crippen LogP contribution in [0.4, 0.5) is 5.69 Å². The van der Waals surface area contributed by atoms with Crippen LogP contribution in [0.15, 0.2) is 23.1 Å². The van der Waals surface area contributed by atoms with E-state index in [2.05, 4.69) is 12.2 Å². The van der Waals surface area contributed by atoms with Crippen LogP contribution in [0.1, 0.15) is 13.3 Å². The van der Waals surface area contributed by atoms with Crippen LogP contribution in [0.2, 0.25) is 0 Å². The quantitative estimate of drug-likeness (QED) is 0.794. The summed E-state index contributed by atoms with van der Waals surface area (Å²) in [6, 6.07) is 3.63. The van der Waals surface area contributed by atoms with E-state index in [0.29, 0.717) is 6.61 Å². The summed E-state index contributed by atoms with van der Waals surface area (Å²) in [6.07, 6.45) is 2.78. The van der Waals surface area contributed by atoms with Gasteiger partial charge in [-0.2, -0.15) is 0 Å². The van der Waals surface area contributed by atoms with Crippen molar-refractivity contribution < 1.29 is 4.74 Å². The number of aryl methyl sites for hydroxylation is 1. The molecule has 4 heteroatoms. The fourth-order valence-corrected chi connectivity index (χ4v) is 1.38. The van der Waals surface area contributed by atoms with Crippen molar-refractivity contribution in [1.82, 2.24) is 4.57 Å². The Morgan fingerprint density at radius 2 is 2.27 bits per heavy atom. The Bertz CT molecular complexity index is 360. The fourth-order valence-electron chi connectivity index (χ4n) is 1.38. The van der Waals surface area contributed by atoms with Gasteiger partial charge in [0.25, 0.3) is 0 Å². The van der Waals surface area contributed by atoms with Crippen LogP contribution in [0.5, 0.6) is 0 Å². The third-order valence-corrected chi connectivity index (χ3v) is 2.32. The SMILES string of the molecule is CCC(COC)Nc1ccc(=O)n(C)c1. The summed E-state index contributed by atoms with van der Waals surface area (Å²) in [7, 11) is 3.43. The standard InChI is InChI=1S/C11H18N2O2/c1-4-9(8-15-3)12-10-5-6-11(14)13(2)7-10/h5-7,9,12H,4,8H2,1-3H3. The van der Waals surface area contributed by atoms with Crippen molar-refractivity contribution in [2.24, 2.45) is 7.05 Å². The first-order valence-corrected chi connectivity index (χ1v) is 5.09. The predicted octanol–water partition coefficient (Wildman–Crippen LogP) is 1.22. The van der Waals surface area contributed by atoms with Crippen molar-refractivity contribution in [2.75, 3.05) is 19.0 Å². The molecule has 1 atom stereocenters. The van der Waals surface area contributed by atoms with Gasteiger partial charge in [0.2, 0.25) is 5.56 Å². The lowest BCUT2D eigenvalue weighted by Crippen LogP contribution is -2.25. The first-order chi connectivity index (χ1) is 7.17. The number of hydrogen-bond donors (Lipinski definition) is 1. The van der Waals surface area contributed by atoms with Crippen molar-refractivity contribution >= 4 is 5.69 Å². The van der Waals surface area contributed by atoms with Gasteiger partial charge in [0.15, 0.2) is 0 Å². The van der Waals surface area contributed by atoms with Gasteiger partial charge in [-0.1, -0.05) is 6.92 Å². The van der Waals surface area contributed by atoms with Crippen LogP contribution in [-0.2, 0) is 11.8 Å². The molecule has 0 spiro atoms. The maximum Gasteiger partial charge on any atom is 0.250 e. The molecule has 1 rings (SSSR count). The lowest BCUT2D eigenvalue weighted by molar-refractivity contribution is 0.184. The third-order valence-electron chi connectivity index (χ3n) is 2.32. The molecule has 0 amide bonds. The molecule has 0 saturated carbocycles. The molecule has 0 fully saturated rings. The molecule has 0 saturated heterocycles. The van der Waals surface area contributed by atoms with Gasteiger partial charge in [0, 0.05) is 32.5 Å². The maximum atomic E-state index is 11.2. The maximum absolute atomic E-state index is 11.2. The van der Waals surface area contributed by atoms with E-state index in [0.717, 1.165) is 12.1 Å². The van der Waals surface area contributed by atoms with Crippen LogP contribution in [0.3, 0.4) is 0 Å². The van der Waals surface area contributed by atoms with Crippen LogP contribution in [0.25, 0.3) is 0 Å². The molecule has 1 heterocycles. The molecule has 1 N–H and O–H groups in total. The number of aromatic nitrogens is 1. The Kier molecular flexibility index (Phi) is 4.37. The zero-order chi connectivity index (χ0) is 11.3. The number of pyridine rings is 1. The first-order valence-electron chi connectivity index (χ1n) is 5.09. The molecular formula is C11H18N2O2. The lowest BCUT2D eigenvalue weighted by atomic mass is 10.2. The molecule has 84 valence electrons. The summed E-state index contributed by atoms with van der Waals surface area (Å²) in [5.74, 6) is 0. The zero-order valence-electron chi connectivity index (χ0n) is 9.49. The van der Waals surface area contributed by atoms with Crippen LogP contribution in [0, 0.1) is 0 Å². The highest BCUT2D eigenvalue weighted by molar-refractivity contribution is 5.41. The van der Waals surface area contributed by atoms with Gasteiger partial charge >= 0.3 is 0 Å². The van der Waals surface area contributed by atoms with E-state index in [-0.39, 0.29) is 11.6 Å². The molecule has 4 nitrogen and oxygen atoms in total. The smallest absolute Gasteiger partial charge is 0.250 e. The topological polar surface area (TPSA) is 43.3 Å². The van der Waals surface area contributed by atoms with E-state index in [9.17, 15) is 4.79 Å². The largest absolute Gasteiger partial charge is 0.383 e. The number of ether oxygens (including phenoxy) is 1. The molecule has 0 aliphatic heterocycles. The van der Waals surface area contributed by atoms with Gasteiger partial charge in [-0.25, -0.2) is 0 Å². The van der Waals surface area contributed by atoms with Crippen LogP contribution in [-0.4, -0.2) is 24.3 Å². The second kappa shape index (κ2) is 5.56. The Hall–Kier alpha value is -1.29. The minimum atomic E-state index is 0.000315. The van der Waals surface area contributed by atoms with E-state index in [1.54, 1.807) is 37.1 Å². The molecule has 0 bridgehead atoms. The van der Waals surface area contributed by atoms with Gasteiger partial charge in [0.1, 0.15) is 0 Å². The van der Waals surface area contributed by atoms with Gasteiger partial charge in [-0.3, -0.25) is 4.79 Å². The highest BCUT2D eigenvalue weighted by Gasteiger charge is 2.05. The Morgan fingerprint density at radius 1 is 1.53 bits per heavy atom. The first kappa shape index (κ1) is 11.8. The molecule has 15 heavy (non-hydrogen) atoms. The normalized spacial score (nSPS) is 12.5. The molecule has 0 radical (unpaired) electrons. The summed E-state index contributed by atoms with van der Waals surface area (Å²) in [4.78, 5) is 11.2. The van der Waals surface area contributed by atoms with Crippen molar-refractivity contribution in [3.63, 3.8) is 0 Å². The fraction of sp³-hybridized carbons (Fsp3) is 0.545. The van der Waals surface area contributed by atoms with Crippen molar-refractivity contribution in [1.29, 1.82) is 0 Å². The number of hydrogen-bond acceptors (Lipinski definition) is 3. The second-order valence-corrected chi connectivity index (χ2v) is 3.57. The number of anilines is 1.